The minimum atomic E-state index is -4.46. The first kappa shape index (κ1) is 20.7. The van der Waals surface area contributed by atoms with Gasteiger partial charge < -0.3 is 15.5 Å². The van der Waals surface area contributed by atoms with E-state index >= 15 is 0 Å². The number of halogens is 3. The second-order valence-corrected chi connectivity index (χ2v) is 6.96. The van der Waals surface area contributed by atoms with Crippen LogP contribution in [0.4, 0.5) is 30.2 Å². The van der Waals surface area contributed by atoms with Crippen LogP contribution in [0.2, 0.25) is 0 Å². The largest absolute Gasteiger partial charge is 0.416 e. The predicted octanol–water partition coefficient (Wildman–Crippen LogP) is 4.56. The molecule has 154 valence electrons. The summed E-state index contributed by atoms with van der Waals surface area (Å²) in [5.41, 5.74) is 1.08. The summed E-state index contributed by atoms with van der Waals surface area (Å²) < 4.78 is 39.4. The number of nitrogens with zero attached hydrogens (tertiary/aromatic N) is 1. The van der Waals surface area contributed by atoms with Crippen LogP contribution < -0.4 is 15.5 Å². The van der Waals surface area contributed by atoms with Gasteiger partial charge in [-0.3, -0.25) is 9.59 Å². The molecular formula is C21H22F3N3O2. The lowest BCUT2D eigenvalue weighted by Crippen LogP contribution is -2.24. The van der Waals surface area contributed by atoms with Crippen LogP contribution in [0.25, 0.3) is 0 Å². The molecule has 1 saturated heterocycles. The number of ketones is 1. The van der Waals surface area contributed by atoms with Gasteiger partial charge >= 0.3 is 6.18 Å². The van der Waals surface area contributed by atoms with Gasteiger partial charge in [0.15, 0.2) is 5.78 Å². The van der Waals surface area contributed by atoms with Gasteiger partial charge in [-0.05, 0) is 50.1 Å². The molecule has 0 aliphatic carbocycles. The topological polar surface area (TPSA) is 61.4 Å². The number of Topliss-reactive ketones (excluding diaryl/α,β-unsaturated/α-hetero) is 1. The molecule has 0 radical (unpaired) electrons. The Kier molecular flexibility index (Phi) is 6.10. The summed E-state index contributed by atoms with van der Waals surface area (Å²) in [6.07, 6.45) is -2.50. The minimum absolute atomic E-state index is 0.126. The van der Waals surface area contributed by atoms with Gasteiger partial charge in [-0.2, -0.15) is 13.2 Å². The van der Waals surface area contributed by atoms with Gasteiger partial charge in [-0.15, -0.1) is 0 Å². The highest BCUT2D eigenvalue weighted by molar-refractivity contribution is 5.98. The van der Waals surface area contributed by atoms with Crippen molar-refractivity contribution in [3.8, 4) is 0 Å². The lowest BCUT2D eigenvalue weighted by Gasteiger charge is -2.23. The maximum absolute atomic E-state index is 13.1. The molecule has 29 heavy (non-hydrogen) atoms. The van der Waals surface area contributed by atoms with Crippen LogP contribution in [0.15, 0.2) is 42.5 Å². The van der Waals surface area contributed by atoms with E-state index in [9.17, 15) is 22.8 Å². The van der Waals surface area contributed by atoms with Crippen molar-refractivity contribution in [2.75, 3.05) is 35.2 Å². The molecular weight excluding hydrogens is 383 g/mol. The molecule has 2 N–H and O–H groups in total. The average molecular weight is 405 g/mol. The Balaban J connectivity index is 1.73. The molecule has 1 fully saturated rings. The standard InChI is InChI=1S/C21H22F3N3O2/c1-14(28)15-5-4-6-17(11-15)26-20(29)13-25-18-12-16(21(22,23)24)7-8-19(18)27-9-2-3-10-27/h4-8,11-12,25H,2-3,9-10,13H2,1H3,(H,26,29). The number of rotatable bonds is 6. The molecule has 0 atom stereocenters. The van der Waals surface area contributed by atoms with E-state index in [-0.39, 0.29) is 18.0 Å². The molecule has 5 nitrogen and oxygen atoms in total. The second-order valence-electron chi connectivity index (χ2n) is 6.96. The fraction of sp³-hybridized carbons (Fsp3) is 0.333. The lowest BCUT2D eigenvalue weighted by atomic mass is 10.1. The molecule has 0 spiro atoms. The SMILES string of the molecule is CC(=O)c1cccc(NC(=O)CNc2cc(C(F)(F)F)ccc2N2CCCC2)c1. The van der Waals surface area contributed by atoms with Crippen LogP contribution in [0.5, 0.6) is 0 Å². The average Bonchev–Trinajstić information content (AvgIpc) is 3.20. The van der Waals surface area contributed by atoms with Crippen molar-refractivity contribution in [1.82, 2.24) is 0 Å². The highest BCUT2D eigenvalue weighted by Gasteiger charge is 2.31. The zero-order valence-electron chi connectivity index (χ0n) is 16.0. The number of carbonyl (C=O) groups is 2. The Morgan fingerprint density at radius 3 is 2.45 bits per heavy atom. The van der Waals surface area contributed by atoms with Crippen LogP contribution in [-0.4, -0.2) is 31.3 Å². The van der Waals surface area contributed by atoms with Crippen LogP contribution >= 0.6 is 0 Å². The quantitative estimate of drug-likeness (QED) is 0.692. The summed E-state index contributed by atoms with van der Waals surface area (Å²) >= 11 is 0. The van der Waals surface area contributed by atoms with Crippen LogP contribution in [0.3, 0.4) is 0 Å². The first-order valence-electron chi connectivity index (χ1n) is 9.35. The zero-order chi connectivity index (χ0) is 21.0. The number of amides is 1. The summed E-state index contributed by atoms with van der Waals surface area (Å²) in [4.78, 5) is 25.7. The Morgan fingerprint density at radius 2 is 1.79 bits per heavy atom. The summed E-state index contributed by atoms with van der Waals surface area (Å²) in [7, 11) is 0. The number of hydrogen-bond donors (Lipinski definition) is 2. The number of benzene rings is 2. The smallest absolute Gasteiger partial charge is 0.374 e. The van der Waals surface area contributed by atoms with E-state index in [0.29, 0.717) is 16.9 Å². The normalized spacial score (nSPS) is 14.0. The van der Waals surface area contributed by atoms with Crippen molar-refractivity contribution < 1.29 is 22.8 Å². The first-order valence-corrected chi connectivity index (χ1v) is 9.35. The number of anilines is 3. The summed E-state index contributed by atoms with van der Waals surface area (Å²) in [5.74, 6) is -0.547. The van der Waals surface area contributed by atoms with E-state index in [1.807, 2.05) is 4.90 Å². The van der Waals surface area contributed by atoms with E-state index in [1.165, 1.54) is 13.0 Å². The molecule has 2 aromatic rings. The molecule has 8 heteroatoms. The Bertz CT molecular complexity index is 906. The Labute approximate surface area is 166 Å². The van der Waals surface area contributed by atoms with Gasteiger partial charge in [-0.1, -0.05) is 12.1 Å². The van der Waals surface area contributed by atoms with Gasteiger partial charge in [0.2, 0.25) is 5.91 Å². The predicted molar refractivity (Wildman–Crippen MR) is 106 cm³/mol. The highest BCUT2D eigenvalue weighted by atomic mass is 19.4. The fourth-order valence-corrected chi connectivity index (χ4v) is 3.28. The molecule has 0 bridgehead atoms. The third kappa shape index (κ3) is 5.28. The Hall–Kier alpha value is -3.03. The molecule has 0 saturated carbocycles. The first-order chi connectivity index (χ1) is 13.7. The van der Waals surface area contributed by atoms with Crippen molar-refractivity contribution in [2.24, 2.45) is 0 Å². The molecule has 2 aromatic carbocycles. The number of hydrogen-bond acceptors (Lipinski definition) is 4. The fourth-order valence-electron chi connectivity index (χ4n) is 3.28. The summed E-state index contributed by atoms with van der Waals surface area (Å²) in [6.45, 7) is 2.76. The van der Waals surface area contributed by atoms with Crippen LogP contribution in [-0.2, 0) is 11.0 Å². The van der Waals surface area contributed by atoms with Gasteiger partial charge in [0.05, 0.1) is 23.5 Å². The van der Waals surface area contributed by atoms with E-state index in [0.717, 1.165) is 38.1 Å². The molecule has 1 heterocycles. The van der Waals surface area contributed by atoms with E-state index in [4.69, 9.17) is 0 Å². The van der Waals surface area contributed by atoms with Crippen molar-refractivity contribution in [2.45, 2.75) is 25.9 Å². The summed E-state index contributed by atoms with van der Waals surface area (Å²) in [5, 5.41) is 5.49. The molecule has 1 aliphatic heterocycles. The monoisotopic (exact) mass is 405 g/mol. The maximum Gasteiger partial charge on any atom is 0.416 e. The summed E-state index contributed by atoms with van der Waals surface area (Å²) in [6, 6.07) is 10.0. The van der Waals surface area contributed by atoms with Crippen LogP contribution in [0, 0.1) is 0 Å². The number of nitrogens with one attached hydrogen (secondary N) is 2. The van der Waals surface area contributed by atoms with Gasteiger partial charge in [0.25, 0.3) is 0 Å². The van der Waals surface area contributed by atoms with E-state index in [1.54, 1.807) is 24.3 Å². The van der Waals surface area contributed by atoms with Crippen molar-refractivity contribution in [1.29, 1.82) is 0 Å². The van der Waals surface area contributed by atoms with Crippen molar-refractivity contribution in [3.05, 3.63) is 53.6 Å². The number of alkyl halides is 3. The van der Waals surface area contributed by atoms with Crippen molar-refractivity contribution >= 4 is 28.8 Å². The van der Waals surface area contributed by atoms with Gasteiger partial charge in [0.1, 0.15) is 0 Å². The highest BCUT2D eigenvalue weighted by Crippen LogP contribution is 2.36. The van der Waals surface area contributed by atoms with Gasteiger partial charge in [-0.25, -0.2) is 0 Å². The van der Waals surface area contributed by atoms with Gasteiger partial charge in [0, 0.05) is 24.3 Å². The second kappa shape index (κ2) is 8.55. The minimum Gasteiger partial charge on any atom is -0.374 e. The van der Waals surface area contributed by atoms with Crippen LogP contribution in [0.1, 0.15) is 35.7 Å². The molecule has 3 rings (SSSR count). The van der Waals surface area contributed by atoms with Crippen molar-refractivity contribution in [3.63, 3.8) is 0 Å². The number of carbonyl (C=O) groups excluding carboxylic acids is 2. The Morgan fingerprint density at radius 1 is 1.07 bits per heavy atom. The lowest BCUT2D eigenvalue weighted by molar-refractivity contribution is -0.137. The zero-order valence-corrected chi connectivity index (χ0v) is 16.0. The van der Waals surface area contributed by atoms with E-state index in [2.05, 4.69) is 10.6 Å². The third-order valence-electron chi connectivity index (χ3n) is 4.76. The molecule has 1 amide bonds. The molecule has 0 aromatic heterocycles. The molecule has 1 aliphatic rings. The third-order valence-corrected chi connectivity index (χ3v) is 4.76. The van der Waals surface area contributed by atoms with E-state index < -0.39 is 17.6 Å². The maximum atomic E-state index is 13.1. The molecule has 0 unspecified atom stereocenters.